The van der Waals surface area contributed by atoms with Crippen LogP contribution in [0.2, 0.25) is 0 Å². The second kappa shape index (κ2) is 6.40. The van der Waals surface area contributed by atoms with E-state index in [2.05, 4.69) is 25.7 Å². The average Bonchev–Trinajstić information content (AvgIpc) is 2.92. The second-order valence-electron chi connectivity index (χ2n) is 6.97. The number of fused-ring (bicyclic) bond motifs is 1. The van der Waals surface area contributed by atoms with Gasteiger partial charge in [-0.15, -0.1) is 0 Å². The Balaban J connectivity index is 1.76. The molecule has 0 unspecified atom stereocenters. The number of rotatable bonds is 4. The van der Waals surface area contributed by atoms with Crippen LogP contribution in [0.4, 0.5) is 0 Å². The number of nitrogens with zero attached hydrogens (tertiary/aromatic N) is 1. The van der Waals surface area contributed by atoms with E-state index in [1.807, 2.05) is 12.1 Å². The van der Waals surface area contributed by atoms with Gasteiger partial charge in [-0.05, 0) is 42.0 Å². The normalized spacial score (nSPS) is 24.2. The van der Waals surface area contributed by atoms with E-state index in [1.54, 1.807) is 0 Å². The molecule has 1 aromatic rings. The molecule has 0 amide bonds. The molecule has 1 saturated heterocycles. The Bertz CT molecular complexity index is 599. The number of likely N-dealkylation sites (tertiary alicyclic amines) is 1. The fraction of sp³-hybridized carbons (Fsp3) is 0.611. The predicted octanol–water partition coefficient (Wildman–Crippen LogP) is 2.55. The van der Waals surface area contributed by atoms with Crippen molar-refractivity contribution in [1.29, 1.82) is 0 Å². The molecule has 126 valence electrons. The fourth-order valence-electron chi connectivity index (χ4n) is 3.62. The van der Waals surface area contributed by atoms with Gasteiger partial charge in [0.1, 0.15) is 13.2 Å². The van der Waals surface area contributed by atoms with E-state index in [1.165, 1.54) is 5.56 Å². The Labute approximate surface area is 137 Å². The molecule has 1 N–H and O–H groups in total. The first-order chi connectivity index (χ1) is 11.0. The highest BCUT2D eigenvalue weighted by atomic mass is 16.6. The molecule has 3 rings (SSSR count). The summed E-state index contributed by atoms with van der Waals surface area (Å²) in [5.41, 5.74) is 2.34. The van der Waals surface area contributed by atoms with E-state index in [0.29, 0.717) is 25.7 Å². The van der Waals surface area contributed by atoms with Crippen LogP contribution in [0.3, 0.4) is 0 Å². The van der Waals surface area contributed by atoms with Gasteiger partial charge < -0.3 is 14.6 Å². The van der Waals surface area contributed by atoms with Gasteiger partial charge in [-0.1, -0.05) is 13.8 Å². The first-order valence-corrected chi connectivity index (χ1v) is 8.30. The lowest BCUT2D eigenvalue weighted by atomic mass is 9.86. The Morgan fingerprint density at radius 3 is 2.48 bits per heavy atom. The lowest BCUT2D eigenvalue weighted by molar-refractivity contribution is -0.143. The van der Waals surface area contributed by atoms with Crippen molar-refractivity contribution in [3.63, 3.8) is 0 Å². The van der Waals surface area contributed by atoms with Crippen molar-refractivity contribution in [2.75, 3.05) is 26.3 Å². The summed E-state index contributed by atoms with van der Waals surface area (Å²) in [6.45, 7) is 9.67. The first-order valence-electron chi connectivity index (χ1n) is 8.30. The van der Waals surface area contributed by atoms with E-state index in [0.717, 1.165) is 30.2 Å². The minimum absolute atomic E-state index is 0.213. The lowest BCUT2D eigenvalue weighted by Gasteiger charge is -2.23. The van der Waals surface area contributed by atoms with Crippen LogP contribution in [-0.4, -0.2) is 42.3 Å². The van der Waals surface area contributed by atoms with Gasteiger partial charge in [0.15, 0.2) is 11.5 Å². The van der Waals surface area contributed by atoms with Gasteiger partial charge in [0.25, 0.3) is 0 Å². The van der Waals surface area contributed by atoms with Crippen LogP contribution in [0.5, 0.6) is 11.5 Å². The quantitative estimate of drug-likeness (QED) is 0.924. The van der Waals surface area contributed by atoms with Crippen molar-refractivity contribution < 1.29 is 19.4 Å². The molecule has 5 heteroatoms. The smallest absolute Gasteiger partial charge is 0.308 e. The maximum atomic E-state index is 11.5. The van der Waals surface area contributed by atoms with Crippen molar-refractivity contribution in [3.05, 3.63) is 23.3 Å². The van der Waals surface area contributed by atoms with Gasteiger partial charge in [0.2, 0.25) is 0 Å². The standard InChI is InChI=1S/C18H25NO4/c1-11(2)14-9-19(10-15(14)18(20)21)8-13-7-17-16(6-12(13)3)22-4-5-23-17/h6-7,11,14-15H,4-5,8-10H2,1-3H3,(H,20,21)/t14-,15+/m1/s1. The number of carboxylic acids is 1. The number of hydrogen-bond acceptors (Lipinski definition) is 4. The Hall–Kier alpha value is -1.75. The Morgan fingerprint density at radius 2 is 1.91 bits per heavy atom. The molecule has 1 aromatic carbocycles. The first kappa shape index (κ1) is 16.1. The average molecular weight is 319 g/mol. The molecule has 5 nitrogen and oxygen atoms in total. The number of carbonyl (C=O) groups is 1. The third kappa shape index (κ3) is 3.29. The van der Waals surface area contributed by atoms with Crippen LogP contribution in [0.25, 0.3) is 0 Å². The molecule has 0 aliphatic carbocycles. The van der Waals surface area contributed by atoms with Crippen molar-refractivity contribution in [2.24, 2.45) is 17.8 Å². The molecule has 2 atom stereocenters. The molecule has 0 saturated carbocycles. The van der Waals surface area contributed by atoms with Crippen LogP contribution in [0.15, 0.2) is 12.1 Å². The van der Waals surface area contributed by atoms with E-state index < -0.39 is 5.97 Å². The number of aryl methyl sites for hydroxylation is 1. The van der Waals surface area contributed by atoms with Crippen LogP contribution >= 0.6 is 0 Å². The number of ether oxygens (including phenoxy) is 2. The number of aliphatic carboxylic acids is 1. The zero-order valence-electron chi connectivity index (χ0n) is 14.0. The number of hydrogen-bond donors (Lipinski definition) is 1. The third-order valence-corrected chi connectivity index (χ3v) is 5.01. The summed E-state index contributed by atoms with van der Waals surface area (Å²) in [6.07, 6.45) is 0. The van der Waals surface area contributed by atoms with Crippen LogP contribution in [0, 0.1) is 24.7 Å². The van der Waals surface area contributed by atoms with Crippen LogP contribution in [-0.2, 0) is 11.3 Å². The van der Waals surface area contributed by atoms with Crippen molar-refractivity contribution in [3.8, 4) is 11.5 Å². The zero-order valence-corrected chi connectivity index (χ0v) is 14.0. The highest BCUT2D eigenvalue weighted by Gasteiger charge is 2.39. The summed E-state index contributed by atoms with van der Waals surface area (Å²) in [5, 5.41) is 9.47. The molecule has 2 aliphatic rings. The summed E-state index contributed by atoms with van der Waals surface area (Å²) in [4.78, 5) is 13.8. The minimum atomic E-state index is -0.676. The molecule has 1 fully saturated rings. The van der Waals surface area contributed by atoms with Crippen LogP contribution < -0.4 is 9.47 Å². The molecule has 23 heavy (non-hydrogen) atoms. The van der Waals surface area contributed by atoms with E-state index >= 15 is 0 Å². The maximum Gasteiger partial charge on any atom is 0.308 e. The highest BCUT2D eigenvalue weighted by Crippen LogP contribution is 2.35. The topological polar surface area (TPSA) is 59.0 Å². The Morgan fingerprint density at radius 1 is 1.26 bits per heavy atom. The van der Waals surface area contributed by atoms with Gasteiger partial charge in [-0.25, -0.2) is 0 Å². The molecule has 2 aliphatic heterocycles. The van der Waals surface area contributed by atoms with Crippen molar-refractivity contribution in [1.82, 2.24) is 4.90 Å². The van der Waals surface area contributed by atoms with Gasteiger partial charge in [0.05, 0.1) is 5.92 Å². The molecule has 2 heterocycles. The lowest BCUT2D eigenvalue weighted by Crippen LogP contribution is -2.25. The summed E-state index contributed by atoms with van der Waals surface area (Å²) < 4.78 is 11.3. The SMILES string of the molecule is Cc1cc2c(cc1CN1C[C@H](C(=O)O)[C@@H](C(C)C)C1)OCCO2. The summed E-state index contributed by atoms with van der Waals surface area (Å²) in [6, 6.07) is 4.07. The van der Waals surface area contributed by atoms with Gasteiger partial charge in [0, 0.05) is 19.6 Å². The summed E-state index contributed by atoms with van der Waals surface area (Å²) in [7, 11) is 0. The molecular weight excluding hydrogens is 294 g/mol. The van der Waals surface area contributed by atoms with E-state index in [9.17, 15) is 9.90 Å². The van der Waals surface area contributed by atoms with Crippen LogP contribution in [0.1, 0.15) is 25.0 Å². The van der Waals surface area contributed by atoms with E-state index in [4.69, 9.17) is 9.47 Å². The van der Waals surface area contributed by atoms with E-state index in [-0.39, 0.29) is 11.8 Å². The second-order valence-corrected chi connectivity index (χ2v) is 6.97. The monoisotopic (exact) mass is 319 g/mol. The molecule has 0 radical (unpaired) electrons. The highest BCUT2D eigenvalue weighted by molar-refractivity contribution is 5.71. The zero-order chi connectivity index (χ0) is 16.6. The van der Waals surface area contributed by atoms with Gasteiger partial charge >= 0.3 is 5.97 Å². The number of benzene rings is 1. The molecule has 0 aromatic heterocycles. The third-order valence-electron chi connectivity index (χ3n) is 5.01. The minimum Gasteiger partial charge on any atom is -0.486 e. The van der Waals surface area contributed by atoms with Crippen molar-refractivity contribution >= 4 is 5.97 Å². The van der Waals surface area contributed by atoms with Gasteiger partial charge in [-0.3, -0.25) is 9.69 Å². The molecule has 0 spiro atoms. The predicted molar refractivity (Wildman–Crippen MR) is 86.9 cm³/mol. The van der Waals surface area contributed by atoms with Gasteiger partial charge in [-0.2, -0.15) is 0 Å². The molecular formula is C18H25NO4. The largest absolute Gasteiger partial charge is 0.486 e. The maximum absolute atomic E-state index is 11.5. The number of carboxylic acid groups (broad SMARTS) is 1. The van der Waals surface area contributed by atoms with Crippen molar-refractivity contribution in [2.45, 2.75) is 27.3 Å². The summed E-state index contributed by atoms with van der Waals surface area (Å²) in [5.74, 6) is 1.25. The summed E-state index contributed by atoms with van der Waals surface area (Å²) >= 11 is 0. The fourth-order valence-corrected chi connectivity index (χ4v) is 3.62. The Kier molecular flexibility index (Phi) is 4.48. The molecule has 0 bridgehead atoms.